The summed E-state index contributed by atoms with van der Waals surface area (Å²) in [5.41, 5.74) is 4.41. The van der Waals surface area contributed by atoms with Crippen LogP contribution in [0.4, 0.5) is 11.4 Å². The van der Waals surface area contributed by atoms with E-state index in [1.54, 1.807) is 18.3 Å². The molecule has 2 aromatic carbocycles. The molecule has 0 saturated carbocycles. The van der Waals surface area contributed by atoms with Gasteiger partial charge in [-0.05, 0) is 68.5 Å². The minimum absolute atomic E-state index is 0.0917. The normalized spacial score (nSPS) is 19.2. The maximum absolute atomic E-state index is 9.92. The third-order valence-electron chi connectivity index (χ3n) is 5.02. The molecule has 3 rings (SSSR count). The molecule has 1 heterocycles. The third-order valence-corrected chi connectivity index (χ3v) is 5.25. The van der Waals surface area contributed by atoms with Gasteiger partial charge in [0.05, 0.1) is 0 Å². The zero-order valence-electron chi connectivity index (χ0n) is 15.3. The van der Waals surface area contributed by atoms with E-state index in [0.29, 0.717) is 16.6 Å². The van der Waals surface area contributed by atoms with Gasteiger partial charge in [-0.1, -0.05) is 24.6 Å². The van der Waals surface area contributed by atoms with Crippen LogP contribution < -0.4 is 4.90 Å². The Balaban J connectivity index is 1.93. The summed E-state index contributed by atoms with van der Waals surface area (Å²) in [4.78, 5) is 6.89. The van der Waals surface area contributed by atoms with Crippen molar-refractivity contribution in [1.29, 1.82) is 0 Å². The summed E-state index contributed by atoms with van der Waals surface area (Å²) in [6, 6.07) is 11.4. The number of nitrogens with zero attached hydrogens (tertiary/aromatic N) is 2. The van der Waals surface area contributed by atoms with E-state index >= 15 is 0 Å². The van der Waals surface area contributed by atoms with Crippen LogP contribution in [0, 0.1) is 0 Å². The Morgan fingerprint density at radius 2 is 2.04 bits per heavy atom. The van der Waals surface area contributed by atoms with Gasteiger partial charge in [-0.3, -0.25) is 4.99 Å². The molecule has 0 fully saturated rings. The van der Waals surface area contributed by atoms with Gasteiger partial charge in [0.1, 0.15) is 11.4 Å². The van der Waals surface area contributed by atoms with E-state index in [-0.39, 0.29) is 11.3 Å². The average molecular weight is 357 g/mol. The van der Waals surface area contributed by atoms with Gasteiger partial charge in [-0.15, -0.1) is 0 Å². The number of hydrogen-bond donors (Lipinski definition) is 1. The van der Waals surface area contributed by atoms with E-state index < -0.39 is 0 Å². The lowest BCUT2D eigenvalue weighted by molar-refractivity contribution is 0.381. The van der Waals surface area contributed by atoms with Crippen molar-refractivity contribution < 1.29 is 5.11 Å². The topological polar surface area (TPSA) is 35.8 Å². The van der Waals surface area contributed by atoms with Crippen molar-refractivity contribution in [2.45, 2.75) is 45.6 Å². The maximum Gasteiger partial charge on any atom is 0.142 e. The van der Waals surface area contributed by atoms with Crippen LogP contribution >= 0.6 is 11.6 Å². The minimum Gasteiger partial charge on any atom is -0.506 e. The number of phenolic OH excluding ortho intramolecular Hbond substituents is 1. The lowest BCUT2D eigenvalue weighted by Crippen LogP contribution is -2.48. The summed E-state index contributed by atoms with van der Waals surface area (Å²) < 4.78 is 0. The van der Waals surface area contributed by atoms with E-state index in [2.05, 4.69) is 55.8 Å². The number of phenols is 1. The van der Waals surface area contributed by atoms with Crippen LogP contribution in [0.5, 0.6) is 5.75 Å². The summed E-state index contributed by atoms with van der Waals surface area (Å²) in [6.07, 6.45) is 2.93. The van der Waals surface area contributed by atoms with Crippen molar-refractivity contribution in [3.05, 3.63) is 52.5 Å². The molecule has 1 N–H and O–H groups in total. The Morgan fingerprint density at radius 1 is 1.28 bits per heavy atom. The molecule has 3 nitrogen and oxygen atoms in total. The monoisotopic (exact) mass is 356 g/mol. The molecule has 1 aliphatic heterocycles. The van der Waals surface area contributed by atoms with Gasteiger partial charge in [-0.2, -0.15) is 0 Å². The molecule has 1 unspecified atom stereocenters. The molecule has 0 bridgehead atoms. The van der Waals surface area contributed by atoms with E-state index in [0.717, 1.165) is 18.5 Å². The van der Waals surface area contributed by atoms with Crippen molar-refractivity contribution in [3.63, 3.8) is 0 Å². The predicted molar refractivity (Wildman–Crippen MR) is 107 cm³/mol. The Hall–Kier alpha value is -2.00. The first-order valence-electron chi connectivity index (χ1n) is 8.76. The van der Waals surface area contributed by atoms with Crippen LogP contribution in [0.15, 0.2) is 41.4 Å². The number of hydrogen-bond acceptors (Lipinski definition) is 3. The maximum atomic E-state index is 9.92. The van der Waals surface area contributed by atoms with Crippen LogP contribution in [0.1, 0.15) is 51.2 Å². The average Bonchev–Trinajstić information content (AvgIpc) is 2.54. The summed E-state index contributed by atoms with van der Waals surface area (Å²) in [6.45, 7) is 10.1. The quantitative estimate of drug-likeness (QED) is 0.694. The molecular formula is C21H25ClN2O. The molecule has 132 valence electrons. The second-order valence-corrected chi connectivity index (χ2v) is 7.81. The lowest BCUT2D eigenvalue weighted by atomic mass is 9.79. The molecule has 0 saturated heterocycles. The van der Waals surface area contributed by atoms with Gasteiger partial charge < -0.3 is 10.0 Å². The van der Waals surface area contributed by atoms with Crippen molar-refractivity contribution in [3.8, 4) is 5.75 Å². The number of aromatic hydroxyl groups is 1. The zero-order chi connectivity index (χ0) is 18.2. The molecule has 0 spiro atoms. The molecule has 0 aliphatic carbocycles. The highest BCUT2D eigenvalue weighted by Crippen LogP contribution is 2.43. The first-order chi connectivity index (χ1) is 11.8. The second-order valence-electron chi connectivity index (χ2n) is 7.37. The number of halogens is 1. The molecule has 1 atom stereocenters. The van der Waals surface area contributed by atoms with Gasteiger partial charge in [0.2, 0.25) is 0 Å². The van der Waals surface area contributed by atoms with E-state index in [1.807, 2.05) is 0 Å². The fourth-order valence-corrected chi connectivity index (χ4v) is 4.10. The van der Waals surface area contributed by atoms with Crippen LogP contribution in [0.2, 0.25) is 5.02 Å². The van der Waals surface area contributed by atoms with E-state index in [1.165, 1.54) is 17.3 Å². The molecular weight excluding hydrogens is 332 g/mol. The van der Waals surface area contributed by atoms with Crippen molar-refractivity contribution >= 4 is 29.2 Å². The zero-order valence-corrected chi connectivity index (χ0v) is 16.0. The van der Waals surface area contributed by atoms with Gasteiger partial charge in [0.25, 0.3) is 0 Å². The number of rotatable bonds is 3. The summed E-state index contributed by atoms with van der Waals surface area (Å²) in [5, 5.41) is 10.4. The fraction of sp³-hybridized carbons (Fsp3) is 0.381. The Kier molecular flexibility index (Phi) is 4.79. The number of aliphatic imine (C=N–C) groups is 1. The first kappa shape index (κ1) is 17.8. The van der Waals surface area contributed by atoms with Gasteiger partial charge in [0.15, 0.2) is 0 Å². The Labute approximate surface area is 155 Å². The highest BCUT2D eigenvalue weighted by Gasteiger charge is 2.35. The SMILES string of the molecule is CCN1c2ccc(C=Nc3ccc(Cl)cc3O)cc2C(C)CC1(C)C. The Bertz CT molecular complexity index is 814. The van der Waals surface area contributed by atoms with Crippen molar-refractivity contribution in [2.75, 3.05) is 11.4 Å². The smallest absolute Gasteiger partial charge is 0.142 e. The number of fused-ring (bicyclic) bond motifs is 1. The Morgan fingerprint density at radius 3 is 2.72 bits per heavy atom. The molecule has 2 aromatic rings. The highest BCUT2D eigenvalue weighted by molar-refractivity contribution is 6.30. The minimum atomic E-state index is 0.0917. The largest absolute Gasteiger partial charge is 0.506 e. The summed E-state index contributed by atoms with van der Waals surface area (Å²) in [7, 11) is 0. The van der Waals surface area contributed by atoms with Gasteiger partial charge in [0, 0.05) is 35.1 Å². The van der Waals surface area contributed by atoms with Crippen molar-refractivity contribution in [1.82, 2.24) is 0 Å². The predicted octanol–water partition coefficient (Wildman–Crippen LogP) is 5.91. The summed E-state index contributed by atoms with van der Waals surface area (Å²) in [5.74, 6) is 0.596. The lowest BCUT2D eigenvalue weighted by Gasteiger charge is -2.47. The van der Waals surface area contributed by atoms with E-state index in [4.69, 9.17) is 11.6 Å². The highest BCUT2D eigenvalue weighted by atomic mass is 35.5. The molecule has 0 amide bonds. The van der Waals surface area contributed by atoms with Crippen LogP contribution in [0.3, 0.4) is 0 Å². The van der Waals surface area contributed by atoms with Crippen LogP contribution in [0.25, 0.3) is 0 Å². The van der Waals surface area contributed by atoms with Gasteiger partial charge >= 0.3 is 0 Å². The van der Waals surface area contributed by atoms with Crippen molar-refractivity contribution in [2.24, 2.45) is 4.99 Å². The molecule has 4 heteroatoms. The fourth-order valence-electron chi connectivity index (χ4n) is 3.94. The number of benzene rings is 2. The molecule has 25 heavy (non-hydrogen) atoms. The van der Waals surface area contributed by atoms with Crippen LogP contribution in [-0.2, 0) is 0 Å². The molecule has 1 aliphatic rings. The molecule has 0 radical (unpaired) electrons. The third kappa shape index (κ3) is 3.52. The van der Waals surface area contributed by atoms with E-state index in [9.17, 15) is 5.11 Å². The molecule has 0 aromatic heterocycles. The second kappa shape index (κ2) is 6.72. The summed E-state index contributed by atoms with van der Waals surface area (Å²) >= 11 is 5.86. The first-order valence-corrected chi connectivity index (χ1v) is 9.14. The number of anilines is 1. The van der Waals surface area contributed by atoms with Crippen LogP contribution in [-0.4, -0.2) is 23.4 Å². The van der Waals surface area contributed by atoms with Gasteiger partial charge in [-0.25, -0.2) is 0 Å². The standard InChI is InChI=1S/C21H25ClN2O/c1-5-24-19-9-6-15(10-17(19)14(2)12-21(24,3)4)13-23-18-8-7-16(22)11-20(18)25/h6-11,13-14,25H,5,12H2,1-4H3.